The topological polar surface area (TPSA) is 26.0 Å². The Labute approximate surface area is 104 Å². The van der Waals surface area contributed by atoms with E-state index in [4.69, 9.17) is 5.73 Å². The van der Waals surface area contributed by atoms with Gasteiger partial charge in [0.15, 0.2) is 0 Å². The van der Waals surface area contributed by atoms with Crippen molar-refractivity contribution in [1.29, 1.82) is 0 Å². The van der Waals surface area contributed by atoms with Crippen LogP contribution in [0.2, 0.25) is 0 Å². The summed E-state index contributed by atoms with van der Waals surface area (Å²) in [4.78, 5) is 0. The zero-order chi connectivity index (χ0) is 12.0. The average molecular weight is 237 g/mol. The molecule has 1 atom stereocenters. The van der Waals surface area contributed by atoms with Crippen molar-refractivity contribution in [3.8, 4) is 0 Å². The first-order valence-electron chi connectivity index (χ1n) is 6.05. The molecule has 1 rings (SSSR count). The second kappa shape index (κ2) is 6.97. The summed E-state index contributed by atoms with van der Waals surface area (Å²) in [5.41, 5.74) is 8.70. The monoisotopic (exact) mass is 237 g/mol. The quantitative estimate of drug-likeness (QED) is 0.815. The minimum atomic E-state index is 0.347. The Hall–Kier alpha value is -0.470. The van der Waals surface area contributed by atoms with Crippen molar-refractivity contribution in [1.82, 2.24) is 0 Å². The van der Waals surface area contributed by atoms with Gasteiger partial charge in [-0.05, 0) is 23.5 Å². The molecule has 0 aromatic heterocycles. The Balaban J connectivity index is 2.38. The number of rotatable bonds is 6. The third-order valence-electron chi connectivity index (χ3n) is 2.77. The smallest absolute Gasteiger partial charge is 0.0185 e. The van der Waals surface area contributed by atoms with Crippen LogP contribution in [0.4, 0.5) is 0 Å². The van der Waals surface area contributed by atoms with Crippen molar-refractivity contribution in [3.05, 3.63) is 35.4 Å². The molecule has 2 N–H and O–H groups in total. The van der Waals surface area contributed by atoms with Crippen molar-refractivity contribution in [3.63, 3.8) is 0 Å². The number of thioether (sulfide) groups is 1. The standard InChI is InChI=1S/C14H23NS/c1-4-14(15)10-16-9-12-5-7-13(8-6-12)11(2)3/h5-8,11,14H,4,9-10,15H2,1-3H3. The van der Waals surface area contributed by atoms with Crippen LogP contribution >= 0.6 is 11.8 Å². The number of hydrogen-bond donors (Lipinski definition) is 1. The summed E-state index contributed by atoms with van der Waals surface area (Å²) in [6.07, 6.45) is 1.07. The summed E-state index contributed by atoms with van der Waals surface area (Å²) in [6, 6.07) is 9.29. The molecule has 0 aliphatic rings. The molecule has 0 fully saturated rings. The van der Waals surface area contributed by atoms with Crippen LogP contribution in [0.25, 0.3) is 0 Å². The second-order valence-electron chi connectivity index (χ2n) is 4.58. The highest BCUT2D eigenvalue weighted by molar-refractivity contribution is 7.98. The van der Waals surface area contributed by atoms with Crippen LogP contribution in [0.1, 0.15) is 44.2 Å². The average Bonchev–Trinajstić information content (AvgIpc) is 2.29. The van der Waals surface area contributed by atoms with Crippen molar-refractivity contribution in [2.24, 2.45) is 5.73 Å². The molecule has 0 bridgehead atoms. The van der Waals surface area contributed by atoms with Crippen LogP contribution in [0.3, 0.4) is 0 Å². The summed E-state index contributed by atoms with van der Waals surface area (Å²) in [7, 11) is 0. The molecule has 0 aliphatic carbocycles. The molecule has 0 spiro atoms. The predicted molar refractivity (Wildman–Crippen MR) is 75.0 cm³/mol. The van der Waals surface area contributed by atoms with Gasteiger partial charge in [0.25, 0.3) is 0 Å². The summed E-state index contributed by atoms with van der Waals surface area (Å²) < 4.78 is 0. The molecule has 1 unspecified atom stereocenters. The summed E-state index contributed by atoms with van der Waals surface area (Å²) in [6.45, 7) is 6.59. The molecular weight excluding hydrogens is 214 g/mol. The first-order chi connectivity index (χ1) is 7.63. The Morgan fingerprint density at radius 1 is 1.19 bits per heavy atom. The molecular formula is C14H23NS. The van der Waals surface area contributed by atoms with E-state index in [1.54, 1.807) is 0 Å². The molecule has 1 nitrogen and oxygen atoms in total. The van der Waals surface area contributed by atoms with Gasteiger partial charge in [0.05, 0.1) is 0 Å². The molecule has 1 aromatic carbocycles. The van der Waals surface area contributed by atoms with Gasteiger partial charge in [0.1, 0.15) is 0 Å². The maximum atomic E-state index is 5.88. The Morgan fingerprint density at radius 3 is 2.31 bits per heavy atom. The van der Waals surface area contributed by atoms with E-state index in [1.807, 2.05) is 11.8 Å². The first-order valence-corrected chi connectivity index (χ1v) is 7.21. The lowest BCUT2D eigenvalue weighted by Gasteiger charge is -2.09. The minimum absolute atomic E-state index is 0.347. The zero-order valence-electron chi connectivity index (χ0n) is 10.6. The van der Waals surface area contributed by atoms with Crippen LogP contribution in [-0.2, 0) is 5.75 Å². The number of hydrogen-bond acceptors (Lipinski definition) is 2. The highest BCUT2D eigenvalue weighted by Crippen LogP contribution is 2.18. The van der Waals surface area contributed by atoms with Crippen molar-refractivity contribution >= 4 is 11.8 Å². The van der Waals surface area contributed by atoms with Gasteiger partial charge in [0.2, 0.25) is 0 Å². The van der Waals surface area contributed by atoms with Gasteiger partial charge in [-0.3, -0.25) is 0 Å². The van der Waals surface area contributed by atoms with Crippen molar-refractivity contribution < 1.29 is 0 Å². The number of nitrogens with two attached hydrogens (primary N) is 1. The van der Waals surface area contributed by atoms with E-state index in [-0.39, 0.29) is 0 Å². The van der Waals surface area contributed by atoms with E-state index in [0.717, 1.165) is 17.9 Å². The second-order valence-corrected chi connectivity index (χ2v) is 5.61. The fourth-order valence-electron chi connectivity index (χ4n) is 1.44. The SMILES string of the molecule is CCC(N)CSCc1ccc(C(C)C)cc1. The number of benzene rings is 1. The molecule has 0 radical (unpaired) electrons. The molecule has 2 heteroatoms. The Kier molecular flexibility index (Phi) is 5.93. The zero-order valence-corrected chi connectivity index (χ0v) is 11.4. The van der Waals surface area contributed by atoms with Gasteiger partial charge in [0, 0.05) is 17.5 Å². The van der Waals surface area contributed by atoms with E-state index >= 15 is 0 Å². The largest absolute Gasteiger partial charge is 0.327 e. The fraction of sp³-hybridized carbons (Fsp3) is 0.571. The highest BCUT2D eigenvalue weighted by Gasteiger charge is 2.01. The van der Waals surface area contributed by atoms with Gasteiger partial charge in [-0.15, -0.1) is 0 Å². The molecule has 0 heterocycles. The summed E-state index contributed by atoms with van der Waals surface area (Å²) >= 11 is 1.93. The van der Waals surface area contributed by atoms with E-state index in [0.29, 0.717) is 12.0 Å². The van der Waals surface area contributed by atoms with Gasteiger partial charge in [-0.1, -0.05) is 45.0 Å². The third kappa shape index (κ3) is 4.58. The Morgan fingerprint density at radius 2 is 1.81 bits per heavy atom. The summed E-state index contributed by atoms with van der Waals surface area (Å²) in [5.74, 6) is 2.75. The van der Waals surface area contributed by atoms with Crippen molar-refractivity contribution in [2.75, 3.05) is 5.75 Å². The predicted octanol–water partition coefficient (Wildman–Crippen LogP) is 3.78. The van der Waals surface area contributed by atoms with Gasteiger partial charge < -0.3 is 5.73 Å². The van der Waals surface area contributed by atoms with Gasteiger partial charge >= 0.3 is 0 Å². The third-order valence-corrected chi connectivity index (χ3v) is 3.97. The lowest BCUT2D eigenvalue weighted by atomic mass is 10.0. The van der Waals surface area contributed by atoms with Crippen LogP contribution in [-0.4, -0.2) is 11.8 Å². The van der Waals surface area contributed by atoms with E-state index < -0.39 is 0 Å². The molecule has 1 aromatic rings. The van der Waals surface area contributed by atoms with Crippen LogP contribution in [0, 0.1) is 0 Å². The maximum Gasteiger partial charge on any atom is 0.0185 e. The van der Waals surface area contributed by atoms with Crippen LogP contribution < -0.4 is 5.73 Å². The molecule has 90 valence electrons. The van der Waals surface area contributed by atoms with Crippen LogP contribution in [0.15, 0.2) is 24.3 Å². The summed E-state index contributed by atoms with van der Waals surface area (Å²) in [5, 5.41) is 0. The molecule has 0 aliphatic heterocycles. The molecule has 16 heavy (non-hydrogen) atoms. The lowest BCUT2D eigenvalue weighted by Crippen LogP contribution is -2.21. The van der Waals surface area contributed by atoms with Gasteiger partial charge in [-0.2, -0.15) is 11.8 Å². The van der Waals surface area contributed by atoms with E-state index in [2.05, 4.69) is 45.0 Å². The molecule has 0 amide bonds. The minimum Gasteiger partial charge on any atom is -0.327 e. The van der Waals surface area contributed by atoms with E-state index in [1.165, 1.54) is 11.1 Å². The first kappa shape index (κ1) is 13.6. The van der Waals surface area contributed by atoms with Gasteiger partial charge in [-0.25, -0.2) is 0 Å². The maximum absolute atomic E-state index is 5.88. The van der Waals surface area contributed by atoms with Crippen LogP contribution in [0.5, 0.6) is 0 Å². The highest BCUT2D eigenvalue weighted by atomic mass is 32.2. The fourth-order valence-corrected chi connectivity index (χ4v) is 2.53. The molecule has 0 saturated heterocycles. The molecule has 0 saturated carbocycles. The normalized spacial score (nSPS) is 13.1. The van der Waals surface area contributed by atoms with Crippen molar-refractivity contribution in [2.45, 2.75) is 44.9 Å². The lowest BCUT2D eigenvalue weighted by molar-refractivity contribution is 0.725. The Bertz CT molecular complexity index is 292. The van der Waals surface area contributed by atoms with E-state index in [9.17, 15) is 0 Å².